The third kappa shape index (κ3) is 2.62. The van der Waals surface area contributed by atoms with Gasteiger partial charge in [-0.1, -0.05) is 30.3 Å². The summed E-state index contributed by atoms with van der Waals surface area (Å²) in [5.74, 6) is 0.512. The number of methoxy groups -OCH3 is 1. The summed E-state index contributed by atoms with van der Waals surface area (Å²) in [6.07, 6.45) is 2.00. The Morgan fingerprint density at radius 3 is 2.23 bits per heavy atom. The Balaban J connectivity index is 2.19. The van der Waals surface area contributed by atoms with Gasteiger partial charge in [-0.05, 0) is 54.8 Å². The van der Waals surface area contributed by atoms with E-state index in [0.29, 0.717) is 5.56 Å². The topological polar surface area (TPSA) is 35.5 Å². The molecule has 0 aromatic heterocycles. The second-order valence-electron chi connectivity index (χ2n) is 5.83. The Hall–Kier alpha value is -2.55. The van der Waals surface area contributed by atoms with Gasteiger partial charge in [-0.15, -0.1) is 0 Å². The maximum Gasteiger partial charge on any atom is 0.339 e. The Morgan fingerprint density at radius 1 is 0.955 bits per heavy atom. The largest absolute Gasteiger partial charge is 0.497 e. The first kappa shape index (κ1) is 14.4. The number of ether oxygens (including phenoxy) is 2. The highest BCUT2D eigenvalue weighted by Gasteiger charge is 2.29. The van der Waals surface area contributed by atoms with Gasteiger partial charge < -0.3 is 9.47 Å². The van der Waals surface area contributed by atoms with Crippen LogP contribution < -0.4 is 4.74 Å². The van der Waals surface area contributed by atoms with Crippen molar-refractivity contribution >= 4 is 11.5 Å². The quantitative estimate of drug-likeness (QED) is 0.783. The molecule has 0 radical (unpaired) electrons. The van der Waals surface area contributed by atoms with Crippen molar-refractivity contribution in [2.45, 2.75) is 19.4 Å². The lowest BCUT2D eigenvalue weighted by atomic mass is 9.91. The molecule has 0 aliphatic carbocycles. The molecule has 0 N–H and O–H groups in total. The third-order valence-corrected chi connectivity index (χ3v) is 3.69. The molecule has 3 nitrogen and oxygen atoms in total. The van der Waals surface area contributed by atoms with Crippen molar-refractivity contribution in [3.63, 3.8) is 0 Å². The molecule has 1 heterocycles. The van der Waals surface area contributed by atoms with Crippen molar-refractivity contribution in [2.24, 2.45) is 0 Å². The third-order valence-electron chi connectivity index (χ3n) is 3.69. The van der Waals surface area contributed by atoms with E-state index in [1.165, 1.54) is 0 Å². The van der Waals surface area contributed by atoms with Crippen molar-refractivity contribution in [1.29, 1.82) is 0 Å². The molecule has 0 spiro atoms. The molecule has 1 aliphatic rings. The van der Waals surface area contributed by atoms with Crippen LogP contribution in [0.25, 0.3) is 5.57 Å². The van der Waals surface area contributed by atoms with Gasteiger partial charge in [-0.25, -0.2) is 4.79 Å². The zero-order valence-corrected chi connectivity index (χ0v) is 12.9. The van der Waals surface area contributed by atoms with Crippen LogP contribution in [0.4, 0.5) is 0 Å². The molecule has 3 heteroatoms. The van der Waals surface area contributed by atoms with Crippen LogP contribution in [0.3, 0.4) is 0 Å². The van der Waals surface area contributed by atoms with Gasteiger partial charge in [0.05, 0.1) is 12.7 Å². The lowest BCUT2D eigenvalue weighted by Crippen LogP contribution is -2.24. The van der Waals surface area contributed by atoms with E-state index in [-0.39, 0.29) is 5.97 Å². The van der Waals surface area contributed by atoms with E-state index in [2.05, 4.69) is 0 Å². The predicted octanol–water partition coefficient (Wildman–Crippen LogP) is 4.08. The summed E-state index contributed by atoms with van der Waals surface area (Å²) < 4.78 is 10.8. The molecule has 0 bridgehead atoms. The van der Waals surface area contributed by atoms with Crippen LogP contribution in [0, 0.1) is 0 Å². The highest BCUT2D eigenvalue weighted by molar-refractivity contribution is 5.99. The molecule has 1 aliphatic heterocycles. The first-order chi connectivity index (χ1) is 10.5. The summed E-state index contributed by atoms with van der Waals surface area (Å²) in [6.45, 7) is 3.78. The predicted molar refractivity (Wildman–Crippen MR) is 86.0 cm³/mol. The van der Waals surface area contributed by atoms with Gasteiger partial charge in [0.15, 0.2) is 0 Å². The minimum atomic E-state index is -0.661. The number of hydrogen-bond acceptors (Lipinski definition) is 3. The number of esters is 1. The van der Waals surface area contributed by atoms with Gasteiger partial charge >= 0.3 is 5.97 Å². The molecular formula is C19H18O3. The van der Waals surface area contributed by atoms with Crippen LogP contribution in [0.5, 0.6) is 5.75 Å². The summed E-state index contributed by atoms with van der Waals surface area (Å²) in [4.78, 5) is 12.3. The van der Waals surface area contributed by atoms with Crippen molar-refractivity contribution in [3.8, 4) is 5.75 Å². The van der Waals surface area contributed by atoms with Gasteiger partial charge in [0.2, 0.25) is 0 Å². The maximum absolute atomic E-state index is 12.3. The number of fused-ring (bicyclic) bond motifs is 1. The Kier molecular flexibility index (Phi) is 3.49. The van der Waals surface area contributed by atoms with E-state index in [0.717, 1.165) is 22.4 Å². The zero-order chi connectivity index (χ0) is 15.7. The lowest BCUT2D eigenvalue weighted by molar-refractivity contribution is 0.0181. The minimum Gasteiger partial charge on any atom is -0.497 e. The van der Waals surface area contributed by atoms with Gasteiger partial charge in [0.25, 0.3) is 0 Å². The molecule has 0 fully saturated rings. The summed E-state index contributed by atoms with van der Waals surface area (Å²) in [5.41, 5.74) is 2.85. The molecule has 0 saturated heterocycles. The van der Waals surface area contributed by atoms with Gasteiger partial charge in [-0.2, -0.15) is 0 Å². The van der Waals surface area contributed by atoms with Crippen molar-refractivity contribution in [3.05, 3.63) is 71.3 Å². The number of rotatable bonds is 2. The molecule has 0 amide bonds. The molecular weight excluding hydrogens is 276 g/mol. The highest BCUT2D eigenvalue weighted by Crippen LogP contribution is 2.34. The number of carbonyl (C=O) groups excluding carboxylic acids is 1. The SMILES string of the molecule is COc1ccc(C2=CC(C)(C)OC(=O)c3ccccc32)cc1. The molecule has 0 atom stereocenters. The summed E-state index contributed by atoms with van der Waals surface area (Å²) >= 11 is 0. The summed E-state index contributed by atoms with van der Waals surface area (Å²) in [6, 6.07) is 15.4. The van der Waals surface area contributed by atoms with E-state index in [4.69, 9.17) is 9.47 Å². The Bertz CT molecular complexity index is 740. The fraction of sp³-hybridized carbons (Fsp3) is 0.211. The van der Waals surface area contributed by atoms with E-state index in [1.54, 1.807) is 13.2 Å². The van der Waals surface area contributed by atoms with E-state index < -0.39 is 5.60 Å². The van der Waals surface area contributed by atoms with Crippen molar-refractivity contribution in [1.82, 2.24) is 0 Å². The van der Waals surface area contributed by atoms with Gasteiger partial charge in [0.1, 0.15) is 11.4 Å². The van der Waals surface area contributed by atoms with Crippen molar-refractivity contribution < 1.29 is 14.3 Å². The number of carbonyl (C=O) groups is 1. The second kappa shape index (κ2) is 5.34. The van der Waals surface area contributed by atoms with Crippen LogP contribution in [0.15, 0.2) is 54.6 Å². The first-order valence-electron chi connectivity index (χ1n) is 7.20. The number of cyclic esters (lactones) is 1. The van der Waals surface area contributed by atoms with E-state index >= 15 is 0 Å². The fourth-order valence-corrected chi connectivity index (χ4v) is 2.65. The van der Waals surface area contributed by atoms with E-state index in [1.807, 2.05) is 62.4 Å². The van der Waals surface area contributed by atoms with Crippen LogP contribution in [0.2, 0.25) is 0 Å². The second-order valence-corrected chi connectivity index (χ2v) is 5.83. The van der Waals surface area contributed by atoms with Crippen LogP contribution in [-0.4, -0.2) is 18.7 Å². The molecule has 3 rings (SSSR count). The number of benzene rings is 2. The minimum absolute atomic E-state index is 0.291. The average Bonchev–Trinajstić information content (AvgIpc) is 2.62. The van der Waals surface area contributed by atoms with Crippen LogP contribution >= 0.6 is 0 Å². The molecule has 2 aromatic rings. The molecule has 22 heavy (non-hydrogen) atoms. The average molecular weight is 294 g/mol. The molecule has 112 valence electrons. The monoisotopic (exact) mass is 294 g/mol. The van der Waals surface area contributed by atoms with Crippen LogP contribution in [-0.2, 0) is 4.74 Å². The van der Waals surface area contributed by atoms with Crippen LogP contribution in [0.1, 0.15) is 35.3 Å². The standard InChI is InChI=1S/C19H18O3/c1-19(2)12-17(13-8-10-14(21-3)11-9-13)15-6-4-5-7-16(15)18(20)22-19/h4-12H,1-3H3. The van der Waals surface area contributed by atoms with E-state index in [9.17, 15) is 4.79 Å². The normalized spacial score (nSPS) is 16.1. The summed E-state index contributed by atoms with van der Waals surface area (Å²) in [5, 5.41) is 0. The van der Waals surface area contributed by atoms with Gasteiger partial charge in [0, 0.05) is 0 Å². The Morgan fingerprint density at radius 2 is 1.59 bits per heavy atom. The Labute approximate surface area is 130 Å². The smallest absolute Gasteiger partial charge is 0.339 e. The summed E-state index contributed by atoms with van der Waals surface area (Å²) in [7, 11) is 1.64. The molecule has 0 saturated carbocycles. The lowest BCUT2D eigenvalue weighted by Gasteiger charge is -2.20. The maximum atomic E-state index is 12.3. The van der Waals surface area contributed by atoms with Gasteiger partial charge in [-0.3, -0.25) is 0 Å². The zero-order valence-electron chi connectivity index (χ0n) is 12.9. The molecule has 0 unspecified atom stereocenters. The molecule has 2 aromatic carbocycles. The first-order valence-corrected chi connectivity index (χ1v) is 7.20. The number of hydrogen-bond donors (Lipinski definition) is 0. The fourth-order valence-electron chi connectivity index (χ4n) is 2.65. The highest BCUT2D eigenvalue weighted by atomic mass is 16.6. The van der Waals surface area contributed by atoms with Crippen molar-refractivity contribution in [2.75, 3.05) is 7.11 Å².